The number of carbonyl (C=O) groups is 1. The van der Waals surface area contributed by atoms with E-state index in [4.69, 9.17) is 9.84 Å². The molecule has 0 unspecified atom stereocenters. The average Bonchev–Trinajstić information content (AvgIpc) is 2.38. The van der Waals surface area contributed by atoms with Crippen molar-refractivity contribution >= 4 is 21.9 Å². The normalized spacial score (nSPS) is 10.3. The van der Waals surface area contributed by atoms with Crippen LogP contribution in [0.4, 0.5) is 4.39 Å². The summed E-state index contributed by atoms with van der Waals surface area (Å²) in [5.41, 5.74) is 1.96. The van der Waals surface area contributed by atoms with Crippen LogP contribution in [-0.2, 0) is 6.61 Å². The van der Waals surface area contributed by atoms with Crippen LogP contribution in [0.5, 0.6) is 5.75 Å². The maximum Gasteiger partial charge on any atom is 0.335 e. The van der Waals surface area contributed by atoms with Gasteiger partial charge in [-0.3, -0.25) is 0 Å². The van der Waals surface area contributed by atoms with Crippen molar-refractivity contribution in [1.29, 1.82) is 0 Å². The molecular weight excluding hydrogens is 327 g/mol. The van der Waals surface area contributed by atoms with Crippen molar-refractivity contribution in [3.05, 3.63) is 63.4 Å². The van der Waals surface area contributed by atoms with E-state index in [1.807, 2.05) is 6.92 Å². The molecule has 3 nitrogen and oxygen atoms in total. The Kier molecular flexibility index (Phi) is 4.39. The van der Waals surface area contributed by atoms with Gasteiger partial charge in [0.1, 0.15) is 18.2 Å². The first-order valence-electron chi connectivity index (χ1n) is 5.88. The minimum absolute atomic E-state index is 0.245. The van der Waals surface area contributed by atoms with Crippen LogP contribution in [0.1, 0.15) is 21.5 Å². The number of carboxylic acid groups (broad SMARTS) is 1. The summed E-state index contributed by atoms with van der Waals surface area (Å²) >= 11 is 3.23. The van der Waals surface area contributed by atoms with Crippen LogP contribution in [-0.4, -0.2) is 11.1 Å². The standard InChI is InChI=1S/C15H12BrFO3/c1-9-6-10(15(18)19)2-3-11(9)8-20-14-5-4-12(17)7-13(14)16/h2-7H,8H2,1H3,(H,18,19). The van der Waals surface area contributed by atoms with Gasteiger partial charge in [-0.05, 0) is 64.3 Å². The highest BCUT2D eigenvalue weighted by molar-refractivity contribution is 9.10. The molecule has 2 rings (SSSR count). The fourth-order valence-corrected chi connectivity index (χ4v) is 2.20. The second-order valence-electron chi connectivity index (χ2n) is 4.31. The quantitative estimate of drug-likeness (QED) is 0.909. The molecule has 0 aliphatic heterocycles. The summed E-state index contributed by atoms with van der Waals surface area (Å²) in [6.07, 6.45) is 0. The molecule has 0 bridgehead atoms. The lowest BCUT2D eigenvalue weighted by Gasteiger charge is -2.10. The zero-order valence-electron chi connectivity index (χ0n) is 10.7. The van der Waals surface area contributed by atoms with Gasteiger partial charge in [0.05, 0.1) is 10.0 Å². The first-order valence-corrected chi connectivity index (χ1v) is 6.67. The third kappa shape index (κ3) is 3.36. The Morgan fingerprint density at radius 3 is 2.65 bits per heavy atom. The van der Waals surface area contributed by atoms with Crippen molar-refractivity contribution in [3.63, 3.8) is 0 Å². The summed E-state index contributed by atoms with van der Waals surface area (Å²) in [5.74, 6) is -0.763. The van der Waals surface area contributed by atoms with E-state index in [-0.39, 0.29) is 18.0 Å². The van der Waals surface area contributed by atoms with Gasteiger partial charge in [-0.1, -0.05) is 6.07 Å². The molecule has 0 saturated carbocycles. The van der Waals surface area contributed by atoms with Crippen LogP contribution in [0.3, 0.4) is 0 Å². The zero-order valence-corrected chi connectivity index (χ0v) is 12.3. The zero-order chi connectivity index (χ0) is 14.7. The molecule has 0 amide bonds. The van der Waals surface area contributed by atoms with Crippen LogP contribution in [0, 0.1) is 12.7 Å². The Morgan fingerprint density at radius 1 is 1.30 bits per heavy atom. The van der Waals surface area contributed by atoms with Gasteiger partial charge >= 0.3 is 5.97 Å². The number of rotatable bonds is 4. The summed E-state index contributed by atoms with van der Waals surface area (Å²) in [6, 6.07) is 9.04. The second-order valence-corrected chi connectivity index (χ2v) is 5.16. The fourth-order valence-electron chi connectivity index (χ4n) is 1.74. The Bertz CT molecular complexity index is 656. The smallest absolute Gasteiger partial charge is 0.335 e. The van der Waals surface area contributed by atoms with Crippen LogP contribution in [0.25, 0.3) is 0 Å². The third-order valence-electron chi connectivity index (χ3n) is 2.87. The van der Waals surface area contributed by atoms with E-state index in [0.29, 0.717) is 10.2 Å². The molecular formula is C15H12BrFO3. The van der Waals surface area contributed by atoms with Crippen molar-refractivity contribution < 1.29 is 19.0 Å². The molecule has 0 saturated heterocycles. The van der Waals surface area contributed by atoms with Crippen LogP contribution < -0.4 is 4.74 Å². The van der Waals surface area contributed by atoms with E-state index in [1.54, 1.807) is 18.2 Å². The van der Waals surface area contributed by atoms with Gasteiger partial charge in [-0.25, -0.2) is 9.18 Å². The van der Waals surface area contributed by atoms with Crippen molar-refractivity contribution in [1.82, 2.24) is 0 Å². The lowest BCUT2D eigenvalue weighted by molar-refractivity contribution is 0.0696. The third-order valence-corrected chi connectivity index (χ3v) is 3.49. The summed E-state index contributed by atoms with van der Waals surface area (Å²) in [5, 5.41) is 8.90. The number of hydrogen-bond acceptors (Lipinski definition) is 2. The van der Waals surface area contributed by atoms with E-state index < -0.39 is 5.97 Å². The largest absolute Gasteiger partial charge is 0.488 e. The molecule has 0 aromatic heterocycles. The monoisotopic (exact) mass is 338 g/mol. The number of halogens is 2. The Hall–Kier alpha value is -1.88. The molecule has 0 spiro atoms. The van der Waals surface area contributed by atoms with Crippen molar-refractivity contribution in [2.24, 2.45) is 0 Å². The number of benzene rings is 2. The summed E-state index contributed by atoms with van der Waals surface area (Å²) in [6.45, 7) is 2.11. The van der Waals surface area contributed by atoms with Gasteiger partial charge in [-0.15, -0.1) is 0 Å². The highest BCUT2D eigenvalue weighted by Crippen LogP contribution is 2.26. The minimum atomic E-state index is -0.957. The van der Waals surface area contributed by atoms with Crippen LogP contribution in [0.2, 0.25) is 0 Å². The van der Waals surface area contributed by atoms with E-state index in [2.05, 4.69) is 15.9 Å². The number of aryl methyl sites for hydroxylation is 1. The van der Waals surface area contributed by atoms with E-state index in [0.717, 1.165) is 11.1 Å². The predicted molar refractivity (Wildman–Crippen MR) is 76.6 cm³/mol. The van der Waals surface area contributed by atoms with E-state index in [1.165, 1.54) is 18.2 Å². The van der Waals surface area contributed by atoms with Gasteiger partial charge in [0.25, 0.3) is 0 Å². The topological polar surface area (TPSA) is 46.5 Å². The van der Waals surface area contributed by atoms with Gasteiger partial charge in [0.15, 0.2) is 0 Å². The molecule has 0 atom stereocenters. The molecule has 5 heteroatoms. The van der Waals surface area contributed by atoms with Gasteiger partial charge in [-0.2, -0.15) is 0 Å². The molecule has 0 aliphatic rings. The van der Waals surface area contributed by atoms with Crippen LogP contribution >= 0.6 is 15.9 Å². The van der Waals surface area contributed by atoms with E-state index in [9.17, 15) is 9.18 Å². The minimum Gasteiger partial charge on any atom is -0.488 e. The predicted octanol–water partition coefficient (Wildman–Crippen LogP) is 4.17. The Balaban J connectivity index is 2.13. The summed E-state index contributed by atoms with van der Waals surface area (Å²) < 4.78 is 19.1. The SMILES string of the molecule is Cc1cc(C(=O)O)ccc1COc1ccc(F)cc1Br. The first-order chi connectivity index (χ1) is 9.47. The summed E-state index contributed by atoms with van der Waals surface area (Å²) in [4.78, 5) is 10.8. The molecule has 2 aromatic carbocycles. The number of carboxylic acids is 1. The lowest BCUT2D eigenvalue weighted by Crippen LogP contribution is -2.02. The van der Waals surface area contributed by atoms with Gasteiger partial charge < -0.3 is 9.84 Å². The Labute approximate surface area is 124 Å². The first kappa shape index (κ1) is 14.5. The highest BCUT2D eigenvalue weighted by atomic mass is 79.9. The second kappa shape index (κ2) is 6.05. The molecule has 1 N–H and O–H groups in total. The van der Waals surface area contributed by atoms with Gasteiger partial charge in [0, 0.05) is 0 Å². The number of aromatic carboxylic acids is 1. The molecule has 0 aliphatic carbocycles. The average molecular weight is 339 g/mol. The van der Waals surface area contributed by atoms with E-state index >= 15 is 0 Å². The molecule has 0 radical (unpaired) electrons. The van der Waals surface area contributed by atoms with Crippen molar-refractivity contribution in [2.75, 3.05) is 0 Å². The highest BCUT2D eigenvalue weighted by Gasteiger charge is 2.07. The van der Waals surface area contributed by atoms with Gasteiger partial charge in [0.2, 0.25) is 0 Å². The Morgan fingerprint density at radius 2 is 2.05 bits per heavy atom. The maximum atomic E-state index is 13.0. The molecule has 20 heavy (non-hydrogen) atoms. The fraction of sp³-hybridized carbons (Fsp3) is 0.133. The molecule has 0 heterocycles. The number of hydrogen-bond donors (Lipinski definition) is 1. The maximum absolute atomic E-state index is 13.0. The molecule has 0 fully saturated rings. The molecule has 2 aromatic rings. The summed E-state index contributed by atoms with van der Waals surface area (Å²) in [7, 11) is 0. The lowest BCUT2D eigenvalue weighted by atomic mass is 10.1. The molecule has 104 valence electrons. The van der Waals surface area contributed by atoms with Crippen LogP contribution in [0.15, 0.2) is 40.9 Å². The van der Waals surface area contributed by atoms with Crippen molar-refractivity contribution in [2.45, 2.75) is 13.5 Å². The number of ether oxygens (including phenoxy) is 1. The van der Waals surface area contributed by atoms with Crippen molar-refractivity contribution in [3.8, 4) is 5.75 Å².